The third-order valence-corrected chi connectivity index (χ3v) is 18.5. The fraction of sp³-hybridized carbons (Fsp3) is 0.750. The third-order valence-electron chi connectivity index (χ3n) is 9.53. The topological polar surface area (TPSA) is 38.7 Å². The van der Waals surface area contributed by atoms with Crippen molar-refractivity contribution in [3.63, 3.8) is 0 Å². The van der Waals surface area contributed by atoms with E-state index in [9.17, 15) is 5.11 Å². The van der Waals surface area contributed by atoms with Gasteiger partial charge in [0.1, 0.15) is 0 Å². The van der Waals surface area contributed by atoms with Crippen LogP contribution in [0.15, 0.2) is 36.9 Å². The van der Waals surface area contributed by atoms with Crippen LogP contribution in [-0.4, -0.2) is 33.9 Å². The third kappa shape index (κ3) is 8.14. The van der Waals surface area contributed by atoms with Crippen LogP contribution in [0.2, 0.25) is 36.3 Å². The van der Waals surface area contributed by atoms with Gasteiger partial charge in [0.25, 0.3) is 0 Å². The maximum atomic E-state index is 11.1. The number of rotatable bonds is 12. The van der Waals surface area contributed by atoms with Crippen LogP contribution in [0.1, 0.15) is 110 Å². The van der Waals surface area contributed by atoms with Crippen molar-refractivity contribution in [2.24, 2.45) is 5.92 Å². The summed E-state index contributed by atoms with van der Waals surface area (Å²) in [6.45, 7) is 29.4. The van der Waals surface area contributed by atoms with Crippen molar-refractivity contribution in [1.82, 2.24) is 0 Å². The minimum absolute atomic E-state index is 0.0375. The molecule has 2 unspecified atom stereocenters. The molecule has 0 radical (unpaired) electrons. The normalized spacial score (nSPS) is 24.3. The Balaban J connectivity index is 2.38. The summed E-state index contributed by atoms with van der Waals surface area (Å²) in [6, 6.07) is 9.16. The van der Waals surface area contributed by atoms with E-state index in [2.05, 4.69) is 105 Å². The average Bonchev–Trinajstić information content (AvgIpc) is 3.06. The Kier molecular flexibility index (Phi) is 11.1. The van der Waals surface area contributed by atoms with Crippen molar-refractivity contribution in [3.05, 3.63) is 48.0 Å². The minimum Gasteiger partial charge on any atom is -0.413 e. The zero-order chi connectivity index (χ0) is 28.2. The van der Waals surface area contributed by atoms with E-state index in [1.807, 2.05) is 6.08 Å². The number of aliphatic hydroxyl groups is 1. The van der Waals surface area contributed by atoms with Gasteiger partial charge in [0.15, 0.2) is 16.6 Å². The Labute approximate surface area is 231 Å². The first kappa shape index (κ1) is 32.5. The molecule has 1 N–H and O–H groups in total. The molecule has 5 atom stereocenters. The summed E-state index contributed by atoms with van der Waals surface area (Å²) >= 11 is 0. The van der Waals surface area contributed by atoms with E-state index in [1.54, 1.807) is 0 Å². The van der Waals surface area contributed by atoms with Crippen molar-refractivity contribution in [1.29, 1.82) is 0 Å². The smallest absolute Gasteiger partial charge is 0.192 e. The largest absolute Gasteiger partial charge is 0.413 e. The molecule has 1 aromatic rings. The second kappa shape index (κ2) is 12.6. The summed E-state index contributed by atoms with van der Waals surface area (Å²) in [5.41, 5.74) is 2.56. The Hall–Kier alpha value is -0.726. The van der Waals surface area contributed by atoms with E-state index in [0.717, 1.165) is 12.8 Å². The molecule has 2 rings (SSSR count). The molecule has 1 saturated carbocycles. The van der Waals surface area contributed by atoms with Gasteiger partial charge in [-0.25, -0.2) is 0 Å². The van der Waals surface area contributed by atoms with E-state index in [-0.39, 0.29) is 40.2 Å². The summed E-state index contributed by atoms with van der Waals surface area (Å²) in [6.07, 6.45) is 8.00. The molecule has 1 fully saturated rings. The Bertz CT molecular complexity index is 848. The summed E-state index contributed by atoms with van der Waals surface area (Å²) in [5, 5.41) is 11.4. The lowest BCUT2D eigenvalue weighted by atomic mass is 9.84. The van der Waals surface area contributed by atoms with Crippen LogP contribution in [0.25, 0.3) is 0 Å². The fourth-order valence-corrected chi connectivity index (χ4v) is 7.72. The number of aliphatic hydroxyl groups excluding tert-OH is 1. The molecule has 1 aromatic carbocycles. The predicted molar refractivity (Wildman–Crippen MR) is 165 cm³/mol. The van der Waals surface area contributed by atoms with Crippen molar-refractivity contribution in [2.45, 2.75) is 147 Å². The van der Waals surface area contributed by atoms with Crippen molar-refractivity contribution < 1.29 is 14.0 Å². The second-order valence-corrected chi connectivity index (χ2v) is 24.0. The summed E-state index contributed by atoms with van der Waals surface area (Å²) < 4.78 is 13.9. The van der Waals surface area contributed by atoms with Crippen LogP contribution in [0.5, 0.6) is 0 Å². The van der Waals surface area contributed by atoms with Gasteiger partial charge < -0.3 is 14.0 Å². The molecule has 212 valence electrons. The van der Waals surface area contributed by atoms with Crippen molar-refractivity contribution in [3.8, 4) is 0 Å². The molecular weight excluding hydrogens is 489 g/mol. The molecular formula is C32H58O3Si2. The molecule has 0 saturated heterocycles. The molecule has 0 spiro atoms. The molecule has 0 heterocycles. The van der Waals surface area contributed by atoms with Crippen LogP contribution in [-0.2, 0) is 8.85 Å². The van der Waals surface area contributed by atoms with Gasteiger partial charge in [-0.3, -0.25) is 0 Å². The standard InChI is InChI=1S/C32H58O3Si2/c1-13-15-16-18-28(34-36(9,10)31(3,4)5)24-19-21-25(22-20-24)30-26(17-14-2)27(33)23-29(30)35-37(11,12)32(6,7)8/h14,19-22,26-30,33H,2,13,15-18,23H2,1,3-12H3/t26-,27-,28?,29+,30?/m0/s1. The maximum absolute atomic E-state index is 11.1. The van der Waals surface area contributed by atoms with Crippen LogP contribution in [0.3, 0.4) is 0 Å². The van der Waals surface area contributed by atoms with Gasteiger partial charge in [0.2, 0.25) is 0 Å². The summed E-state index contributed by atoms with van der Waals surface area (Å²) in [5.74, 6) is 0.318. The van der Waals surface area contributed by atoms with Crippen molar-refractivity contribution >= 4 is 16.6 Å². The van der Waals surface area contributed by atoms with Gasteiger partial charge in [0.05, 0.1) is 18.3 Å². The first-order valence-electron chi connectivity index (χ1n) is 14.7. The highest BCUT2D eigenvalue weighted by Crippen LogP contribution is 2.48. The zero-order valence-corrected chi connectivity index (χ0v) is 28.0. The first-order valence-corrected chi connectivity index (χ1v) is 20.5. The minimum atomic E-state index is -1.97. The Morgan fingerprint density at radius 2 is 1.54 bits per heavy atom. The Morgan fingerprint density at radius 3 is 2.03 bits per heavy atom. The predicted octanol–water partition coefficient (Wildman–Crippen LogP) is 9.76. The molecule has 37 heavy (non-hydrogen) atoms. The van der Waals surface area contributed by atoms with Crippen LogP contribution in [0, 0.1) is 5.92 Å². The molecule has 3 nitrogen and oxygen atoms in total. The lowest BCUT2D eigenvalue weighted by molar-refractivity contribution is 0.122. The van der Waals surface area contributed by atoms with E-state index >= 15 is 0 Å². The number of benzene rings is 1. The Morgan fingerprint density at radius 1 is 0.973 bits per heavy atom. The lowest BCUT2D eigenvalue weighted by Crippen LogP contribution is -2.44. The van der Waals surface area contributed by atoms with Crippen LogP contribution >= 0.6 is 0 Å². The molecule has 1 aliphatic carbocycles. The summed E-state index contributed by atoms with van der Waals surface area (Å²) in [4.78, 5) is 0. The molecule has 0 aliphatic heterocycles. The SMILES string of the molecule is C=CC[C@@H]1C(c2ccc(C(CCCCC)O[Si](C)(C)C(C)(C)C)cc2)[C@H](O[Si](C)(C)C(C)(C)C)C[C@@H]1O. The van der Waals surface area contributed by atoms with E-state index in [4.69, 9.17) is 8.85 Å². The van der Waals surface area contributed by atoms with E-state index in [1.165, 1.54) is 30.4 Å². The molecule has 0 bridgehead atoms. The van der Waals surface area contributed by atoms with Gasteiger partial charge in [-0.2, -0.15) is 0 Å². The average molecular weight is 547 g/mol. The molecule has 0 aromatic heterocycles. The van der Waals surface area contributed by atoms with E-state index < -0.39 is 16.6 Å². The number of hydrogen-bond acceptors (Lipinski definition) is 3. The van der Waals surface area contributed by atoms with Gasteiger partial charge in [-0.05, 0) is 72.6 Å². The highest BCUT2D eigenvalue weighted by Gasteiger charge is 2.48. The molecule has 0 amide bonds. The van der Waals surface area contributed by atoms with E-state index in [0.29, 0.717) is 6.42 Å². The van der Waals surface area contributed by atoms with Gasteiger partial charge in [-0.1, -0.05) is 98.1 Å². The van der Waals surface area contributed by atoms with Gasteiger partial charge in [-0.15, -0.1) is 6.58 Å². The second-order valence-electron chi connectivity index (χ2n) is 14.5. The zero-order valence-electron chi connectivity index (χ0n) is 26.0. The highest BCUT2D eigenvalue weighted by molar-refractivity contribution is 6.74. The summed E-state index contributed by atoms with van der Waals surface area (Å²) in [7, 11) is -3.87. The first-order chi connectivity index (χ1) is 16.9. The lowest BCUT2D eigenvalue weighted by Gasteiger charge is -2.40. The van der Waals surface area contributed by atoms with Gasteiger partial charge >= 0.3 is 0 Å². The monoisotopic (exact) mass is 546 g/mol. The number of unbranched alkanes of at least 4 members (excludes halogenated alkanes) is 2. The maximum Gasteiger partial charge on any atom is 0.192 e. The molecule has 5 heteroatoms. The highest BCUT2D eigenvalue weighted by atomic mass is 28.4. The van der Waals surface area contributed by atoms with Crippen LogP contribution in [0.4, 0.5) is 0 Å². The van der Waals surface area contributed by atoms with Gasteiger partial charge in [0, 0.05) is 5.92 Å². The van der Waals surface area contributed by atoms with Crippen LogP contribution < -0.4 is 0 Å². The van der Waals surface area contributed by atoms with Crippen molar-refractivity contribution in [2.75, 3.05) is 0 Å². The number of hydrogen-bond donors (Lipinski definition) is 1. The number of allylic oxidation sites excluding steroid dienone is 1. The fourth-order valence-electron chi connectivity index (χ4n) is 5.05. The molecule has 1 aliphatic rings. The quantitative estimate of drug-likeness (QED) is 0.161.